The van der Waals surface area contributed by atoms with Gasteiger partial charge in [-0.15, -0.1) is 0 Å². The monoisotopic (exact) mass is 264 g/mol. The zero-order valence-corrected chi connectivity index (χ0v) is 12.1. The third kappa shape index (κ3) is 1.63. The highest BCUT2D eigenvalue weighted by molar-refractivity contribution is 5.76. The van der Waals surface area contributed by atoms with Crippen molar-refractivity contribution in [3.63, 3.8) is 0 Å². The quantitative estimate of drug-likeness (QED) is 0.581. The highest BCUT2D eigenvalue weighted by Crippen LogP contribution is 2.64. The first-order chi connectivity index (χ1) is 9.01. The normalized spacial score (nSPS) is 49.9. The van der Waals surface area contributed by atoms with Crippen LogP contribution in [0.2, 0.25) is 0 Å². The van der Waals surface area contributed by atoms with Gasteiger partial charge in [0.15, 0.2) is 0 Å². The molecule has 4 rings (SSSR count). The SMILES string of the molecule is CCC(C)(C)C(=O)OC1CC2CC1C1CC3OC3C21. The molecule has 1 aliphatic heterocycles. The van der Waals surface area contributed by atoms with Crippen molar-refractivity contribution in [2.45, 2.75) is 64.8 Å². The molecule has 3 saturated carbocycles. The van der Waals surface area contributed by atoms with Crippen LogP contribution >= 0.6 is 0 Å². The van der Waals surface area contributed by atoms with Crippen LogP contribution in [0.5, 0.6) is 0 Å². The van der Waals surface area contributed by atoms with Crippen molar-refractivity contribution in [3.05, 3.63) is 0 Å². The Hall–Kier alpha value is -0.570. The molecule has 0 radical (unpaired) electrons. The molecule has 1 heterocycles. The summed E-state index contributed by atoms with van der Waals surface area (Å²) in [7, 11) is 0. The molecule has 3 heteroatoms. The molecule has 0 aromatic rings. The Balaban J connectivity index is 1.44. The minimum atomic E-state index is -0.331. The molecule has 0 aromatic heterocycles. The average molecular weight is 264 g/mol. The van der Waals surface area contributed by atoms with Gasteiger partial charge in [0.25, 0.3) is 0 Å². The standard InChI is InChI=1S/C16H24O3/c1-4-16(2,3)15(17)19-11-6-8-5-9(11)10-7-12-14(18-12)13(8)10/h8-14H,4-7H2,1-3H3. The summed E-state index contributed by atoms with van der Waals surface area (Å²) in [5.41, 5.74) is -0.331. The fraction of sp³-hybridized carbons (Fsp3) is 0.938. The Morgan fingerprint density at radius 2 is 2.05 bits per heavy atom. The summed E-state index contributed by atoms with van der Waals surface area (Å²) in [6.07, 6.45) is 5.75. The second-order valence-electron chi connectivity index (χ2n) is 7.69. The molecule has 0 spiro atoms. The predicted molar refractivity (Wildman–Crippen MR) is 70.4 cm³/mol. The van der Waals surface area contributed by atoms with Gasteiger partial charge >= 0.3 is 5.97 Å². The van der Waals surface area contributed by atoms with Gasteiger partial charge in [-0.05, 0) is 63.2 Å². The number of fused-ring (bicyclic) bond motifs is 7. The molecule has 3 nitrogen and oxygen atoms in total. The van der Waals surface area contributed by atoms with E-state index in [1.165, 1.54) is 12.8 Å². The molecular weight excluding hydrogens is 240 g/mol. The van der Waals surface area contributed by atoms with E-state index >= 15 is 0 Å². The summed E-state index contributed by atoms with van der Waals surface area (Å²) in [5, 5.41) is 0. The summed E-state index contributed by atoms with van der Waals surface area (Å²) in [6, 6.07) is 0. The Labute approximate surface area is 115 Å². The van der Waals surface area contributed by atoms with Crippen LogP contribution in [0.4, 0.5) is 0 Å². The molecule has 4 aliphatic rings. The van der Waals surface area contributed by atoms with Crippen LogP contribution in [0.15, 0.2) is 0 Å². The Morgan fingerprint density at radius 3 is 2.79 bits per heavy atom. The second-order valence-corrected chi connectivity index (χ2v) is 7.69. The average Bonchev–Trinajstić information content (AvgIpc) is 2.76. The largest absolute Gasteiger partial charge is 0.462 e. The van der Waals surface area contributed by atoms with Gasteiger partial charge in [0.2, 0.25) is 0 Å². The molecule has 3 aliphatic carbocycles. The van der Waals surface area contributed by atoms with E-state index in [1.54, 1.807) is 0 Å². The van der Waals surface area contributed by atoms with Gasteiger partial charge < -0.3 is 9.47 Å². The molecule has 106 valence electrons. The summed E-state index contributed by atoms with van der Waals surface area (Å²) in [5.74, 6) is 2.97. The molecule has 0 N–H and O–H groups in total. The lowest BCUT2D eigenvalue weighted by molar-refractivity contribution is -0.164. The van der Waals surface area contributed by atoms with Crippen LogP contribution in [-0.2, 0) is 14.3 Å². The van der Waals surface area contributed by atoms with Crippen molar-refractivity contribution in [3.8, 4) is 0 Å². The molecule has 7 atom stereocenters. The number of hydrogen-bond acceptors (Lipinski definition) is 3. The maximum absolute atomic E-state index is 12.2. The topological polar surface area (TPSA) is 38.8 Å². The van der Waals surface area contributed by atoms with Gasteiger partial charge in [0.05, 0.1) is 17.6 Å². The number of epoxide rings is 1. The third-order valence-electron chi connectivity index (χ3n) is 6.38. The van der Waals surface area contributed by atoms with Gasteiger partial charge in [-0.2, -0.15) is 0 Å². The lowest BCUT2D eigenvalue weighted by Gasteiger charge is -2.34. The molecule has 2 bridgehead atoms. The lowest BCUT2D eigenvalue weighted by atomic mass is 9.79. The van der Waals surface area contributed by atoms with E-state index in [-0.39, 0.29) is 17.5 Å². The van der Waals surface area contributed by atoms with Gasteiger partial charge in [-0.1, -0.05) is 6.92 Å². The highest BCUT2D eigenvalue weighted by Gasteiger charge is 2.67. The summed E-state index contributed by atoms with van der Waals surface area (Å²) in [6.45, 7) is 6.04. The first-order valence-corrected chi connectivity index (χ1v) is 7.88. The minimum absolute atomic E-state index is 0.00325. The number of esters is 1. The van der Waals surface area contributed by atoms with Crippen molar-refractivity contribution in [2.24, 2.45) is 29.1 Å². The van der Waals surface area contributed by atoms with E-state index in [2.05, 4.69) is 6.92 Å². The van der Waals surface area contributed by atoms with Crippen molar-refractivity contribution in [1.82, 2.24) is 0 Å². The van der Waals surface area contributed by atoms with Crippen molar-refractivity contribution < 1.29 is 14.3 Å². The summed E-state index contributed by atoms with van der Waals surface area (Å²) >= 11 is 0. The van der Waals surface area contributed by atoms with E-state index in [0.717, 1.165) is 30.6 Å². The molecule has 1 saturated heterocycles. The van der Waals surface area contributed by atoms with E-state index in [0.29, 0.717) is 18.1 Å². The summed E-state index contributed by atoms with van der Waals surface area (Å²) < 4.78 is 11.6. The van der Waals surface area contributed by atoms with Gasteiger partial charge in [-0.3, -0.25) is 4.79 Å². The van der Waals surface area contributed by atoms with E-state index in [9.17, 15) is 4.79 Å². The zero-order valence-electron chi connectivity index (χ0n) is 12.1. The number of ether oxygens (including phenoxy) is 2. The van der Waals surface area contributed by atoms with Crippen molar-refractivity contribution in [2.75, 3.05) is 0 Å². The molecule has 7 unspecified atom stereocenters. The molecule has 19 heavy (non-hydrogen) atoms. The van der Waals surface area contributed by atoms with Crippen LogP contribution < -0.4 is 0 Å². The van der Waals surface area contributed by atoms with Crippen molar-refractivity contribution >= 4 is 5.97 Å². The van der Waals surface area contributed by atoms with Crippen molar-refractivity contribution in [1.29, 1.82) is 0 Å². The Morgan fingerprint density at radius 1 is 1.26 bits per heavy atom. The fourth-order valence-corrected chi connectivity index (χ4v) is 4.84. The molecule has 4 fully saturated rings. The van der Waals surface area contributed by atoms with E-state index in [1.807, 2.05) is 13.8 Å². The number of carbonyl (C=O) groups is 1. The first-order valence-electron chi connectivity index (χ1n) is 7.88. The molecule has 0 aromatic carbocycles. The predicted octanol–water partition coefficient (Wildman–Crippen LogP) is 2.78. The Kier molecular flexibility index (Phi) is 2.41. The van der Waals surface area contributed by atoms with Crippen LogP contribution in [0, 0.1) is 29.1 Å². The number of hydrogen-bond donors (Lipinski definition) is 0. The van der Waals surface area contributed by atoms with Crippen LogP contribution in [0.1, 0.15) is 46.5 Å². The zero-order chi connectivity index (χ0) is 13.4. The number of carbonyl (C=O) groups excluding carboxylic acids is 1. The van der Waals surface area contributed by atoms with Gasteiger partial charge in [0, 0.05) is 0 Å². The van der Waals surface area contributed by atoms with Crippen LogP contribution in [0.3, 0.4) is 0 Å². The maximum atomic E-state index is 12.2. The first kappa shape index (κ1) is 12.2. The van der Waals surface area contributed by atoms with E-state index < -0.39 is 0 Å². The number of rotatable bonds is 3. The van der Waals surface area contributed by atoms with E-state index in [4.69, 9.17) is 9.47 Å². The van der Waals surface area contributed by atoms with Gasteiger partial charge in [0.1, 0.15) is 6.10 Å². The third-order valence-corrected chi connectivity index (χ3v) is 6.38. The van der Waals surface area contributed by atoms with Crippen LogP contribution in [-0.4, -0.2) is 24.3 Å². The summed E-state index contributed by atoms with van der Waals surface area (Å²) in [4.78, 5) is 12.2. The van der Waals surface area contributed by atoms with Crippen LogP contribution in [0.25, 0.3) is 0 Å². The highest BCUT2D eigenvalue weighted by atomic mass is 16.6. The smallest absolute Gasteiger partial charge is 0.311 e. The Bertz CT molecular complexity index is 416. The molecular formula is C16H24O3. The lowest BCUT2D eigenvalue weighted by Crippen LogP contribution is -2.37. The minimum Gasteiger partial charge on any atom is -0.462 e. The second kappa shape index (κ2) is 3.75. The fourth-order valence-electron chi connectivity index (χ4n) is 4.84. The van der Waals surface area contributed by atoms with Gasteiger partial charge in [-0.25, -0.2) is 0 Å². The molecule has 0 amide bonds. The maximum Gasteiger partial charge on any atom is 0.311 e.